The molecule has 2 aliphatic heterocycles. The Bertz CT molecular complexity index is 253. The molecule has 3 unspecified atom stereocenters. The zero-order valence-corrected chi connectivity index (χ0v) is 9.47. The minimum absolute atomic E-state index is 0.102. The van der Waals surface area contributed by atoms with E-state index in [1.54, 1.807) is 0 Å². The van der Waals surface area contributed by atoms with E-state index in [9.17, 15) is 15.3 Å². The van der Waals surface area contributed by atoms with Crippen LogP contribution in [-0.2, 0) is 14.2 Å². The molecule has 2 aliphatic rings. The summed E-state index contributed by atoms with van der Waals surface area (Å²) in [5.74, 6) is 0. The molecule has 0 aromatic carbocycles. The Morgan fingerprint density at radius 2 is 1.76 bits per heavy atom. The molecule has 17 heavy (non-hydrogen) atoms. The zero-order chi connectivity index (χ0) is 12.6. The molecule has 0 bridgehead atoms. The van der Waals surface area contributed by atoms with Gasteiger partial charge in [0.15, 0.2) is 12.6 Å². The summed E-state index contributed by atoms with van der Waals surface area (Å²) in [5, 5.41) is 37.7. The van der Waals surface area contributed by atoms with Crippen molar-refractivity contribution >= 4 is 0 Å². The second-order valence-corrected chi connectivity index (χ2v) is 4.45. The zero-order valence-electron chi connectivity index (χ0n) is 9.47. The van der Waals surface area contributed by atoms with Gasteiger partial charge in [-0.1, -0.05) is 0 Å². The lowest BCUT2D eigenvalue weighted by atomic mass is 9.99. The SMILES string of the molecule is CC1CC(OC2O[C@H](CO)[C@@H](O)[C@H](O)[C@H]2O)O1. The van der Waals surface area contributed by atoms with Gasteiger partial charge in [-0.3, -0.25) is 0 Å². The molecule has 7 nitrogen and oxygen atoms in total. The van der Waals surface area contributed by atoms with Gasteiger partial charge in [0.1, 0.15) is 24.4 Å². The molecule has 0 amide bonds. The van der Waals surface area contributed by atoms with E-state index in [-0.39, 0.29) is 6.10 Å². The summed E-state index contributed by atoms with van der Waals surface area (Å²) in [6.07, 6.45) is -5.91. The normalized spacial score (nSPS) is 51.0. The molecule has 0 aromatic heterocycles. The molecular formula is C10H18O7. The summed E-state index contributed by atoms with van der Waals surface area (Å²) >= 11 is 0. The van der Waals surface area contributed by atoms with Gasteiger partial charge in [-0.05, 0) is 6.92 Å². The first-order chi connectivity index (χ1) is 8.02. The van der Waals surface area contributed by atoms with Gasteiger partial charge in [0.2, 0.25) is 0 Å². The first kappa shape index (κ1) is 13.2. The molecule has 7 heteroatoms. The van der Waals surface area contributed by atoms with Crippen LogP contribution >= 0.6 is 0 Å². The Hall–Kier alpha value is -0.280. The molecule has 2 heterocycles. The van der Waals surface area contributed by atoms with Gasteiger partial charge in [-0.2, -0.15) is 0 Å². The third kappa shape index (κ3) is 2.60. The van der Waals surface area contributed by atoms with E-state index in [1.165, 1.54) is 0 Å². The van der Waals surface area contributed by atoms with Gasteiger partial charge in [-0.15, -0.1) is 0 Å². The lowest BCUT2D eigenvalue weighted by Gasteiger charge is -2.43. The molecule has 100 valence electrons. The summed E-state index contributed by atoms with van der Waals surface area (Å²) in [6.45, 7) is 1.42. The monoisotopic (exact) mass is 250 g/mol. The van der Waals surface area contributed by atoms with Crippen molar-refractivity contribution in [3.8, 4) is 0 Å². The van der Waals surface area contributed by atoms with E-state index >= 15 is 0 Å². The minimum Gasteiger partial charge on any atom is -0.394 e. The van der Waals surface area contributed by atoms with E-state index in [0.29, 0.717) is 6.42 Å². The van der Waals surface area contributed by atoms with E-state index in [2.05, 4.69) is 0 Å². The highest BCUT2D eigenvalue weighted by Gasteiger charge is 2.45. The maximum Gasteiger partial charge on any atom is 0.189 e. The summed E-state index contributed by atoms with van der Waals surface area (Å²) < 4.78 is 15.6. The summed E-state index contributed by atoms with van der Waals surface area (Å²) in [7, 11) is 0. The highest BCUT2D eigenvalue weighted by molar-refractivity contribution is 4.89. The lowest BCUT2D eigenvalue weighted by Crippen LogP contribution is -2.60. The van der Waals surface area contributed by atoms with Crippen LogP contribution in [0.25, 0.3) is 0 Å². The highest BCUT2D eigenvalue weighted by Crippen LogP contribution is 2.28. The van der Waals surface area contributed by atoms with Crippen molar-refractivity contribution < 1.29 is 34.6 Å². The molecule has 0 spiro atoms. The first-order valence-corrected chi connectivity index (χ1v) is 5.64. The van der Waals surface area contributed by atoms with Gasteiger partial charge in [0.05, 0.1) is 12.7 Å². The number of aliphatic hydroxyl groups is 4. The third-order valence-electron chi connectivity index (χ3n) is 3.04. The number of aliphatic hydroxyl groups excluding tert-OH is 4. The van der Waals surface area contributed by atoms with Crippen molar-refractivity contribution in [3.63, 3.8) is 0 Å². The molecule has 0 radical (unpaired) electrons. The van der Waals surface area contributed by atoms with E-state index in [1.807, 2.05) is 6.92 Å². The summed E-state index contributed by atoms with van der Waals surface area (Å²) in [4.78, 5) is 0. The fourth-order valence-electron chi connectivity index (χ4n) is 1.94. The van der Waals surface area contributed by atoms with Crippen LogP contribution in [0.5, 0.6) is 0 Å². The van der Waals surface area contributed by atoms with E-state index in [0.717, 1.165) is 0 Å². The predicted octanol–water partition coefficient (Wildman–Crippen LogP) is -2.06. The highest BCUT2D eigenvalue weighted by atomic mass is 16.8. The predicted molar refractivity (Wildman–Crippen MR) is 53.8 cm³/mol. The standard InChI is InChI=1S/C10H18O7/c1-4-2-6(15-4)17-10-9(14)8(13)7(12)5(3-11)16-10/h4-14H,2-3H2,1H3/t4?,5-,6?,7-,8+,9-,10?/m1/s1. The first-order valence-electron chi connectivity index (χ1n) is 5.64. The molecule has 0 aliphatic carbocycles. The molecule has 7 atom stereocenters. The minimum atomic E-state index is -1.41. The molecule has 0 aromatic rings. The Balaban J connectivity index is 1.92. The van der Waals surface area contributed by atoms with Crippen LogP contribution in [0.15, 0.2) is 0 Å². The molecule has 2 saturated heterocycles. The topological polar surface area (TPSA) is 109 Å². The van der Waals surface area contributed by atoms with E-state index < -0.39 is 43.6 Å². The average Bonchev–Trinajstić information content (AvgIpc) is 2.27. The van der Waals surface area contributed by atoms with Crippen LogP contribution < -0.4 is 0 Å². The number of ether oxygens (including phenoxy) is 3. The molecule has 0 saturated carbocycles. The van der Waals surface area contributed by atoms with Crippen LogP contribution in [0.4, 0.5) is 0 Å². The van der Waals surface area contributed by atoms with Gasteiger partial charge in [0.25, 0.3) is 0 Å². The second-order valence-electron chi connectivity index (χ2n) is 4.45. The Morgan fingerprint density at radius 3 is 2.29 bits per heavy atom. The smallest absolute Gasteiger partial charge is 0.189 e. The molecular weight excluding hydrogens is 232 g/mol. The van der Waals surface area contributed by atoms with Gasteiger partial charge in [0, 0.05) is 6.42 Å². The van der Waals surface area contributed by atoms with Crippen molar-refractivity contribution in [1.82, 2.24) is 0 Å². The van der Waals surface area contributed by atoms with Crippen LogP contribution in [0.2, 0.25) is 0 Å². The van der Waals surface area contributed by atoms with Crippen LogP contribution in [-0.4, -0.2) is 70.1 Å². The van der Waals surface area contributed by atoms with Crippen LogP contribution in [0, 0.1) is 0 Å². The molecule has 2 fully saturated rings. The van der Waals surface area contributed by atoms with Gasteiger partial charge in [-0.25, -0.2) is 0 Å². The van der Waals surface area contributed by atoms with Crippen molar-refractivity contribution in [2.45, 2.75) is 56.4 Å². The maximum absolute atomic E-state index is 9.66. The van der Waals surface area contributed by atoms with Gasteiger partial charge >= 0.3 is 0 Å². The van der Waals surface area contributed by atoms with Crippen molar-refractivity contribution in [3.05, 3.63) is 0 Å². The fraction of sp³-hybridized carbons (Fsp3) is 1.00. The van der Waals surface area contributed by atoms with E-state index in [4.69, 9.17) is 19.3 Å². The van der Waals surface area contributed by atoms with Crippen molar-refractivity contribution in [1.29, 1.82) is 0 Å². The van der Waals surface area contributed by atoms with Crippen LogP contribution in [0.3, 0.4) is 0 Å². The summed E-state index contributed by atoms with van der Waals surface area (Å²) in [6, 6.07) is 0. The second kappa shape index (κ2) is 5.15. The molecule has 2 rings (SSSR count). The number of hydrogen-bond donors (Lipinski definition) is 4. The third-order valence-corrected chi connectivity index (χ3v) is 3.04. The van der Waals surface area contributed by atoms with Crippen molar-refractivity contribution in [2.24, 2.45) is 0 Å². The fourth-order valence-corrected chi connectivity index (χ4v) is 1.94. The van der Waals surface area contributed by atoms with Crippen molar-refractivity contribution in [2.75, 3.05) is 6.61 Å². The van der Waals surface area contributed by atoms with Gasteiger partial charge < -0.3 is 34.6 Å². The average molecular weight is 250 g/mol. The Kier molecular flexibility index (Phi) is 3.99. The van der Waals surface area contributed by atoms with Crippen LogP contribution in [0.1, 0.15) is 13.3 Å². The molecule has 4 N–H and O–H groups in total. The Morgan fingerprint density at radius 1 is 1.12 bits per heavy atom. The Labute approximate surface area is 98.5 Å². The number of rotatable bonds is 3. The quantitative estimate of drug-likeness (QED) is 0.456. The lowest BCUT2D eigenvalue weighted by molar-refractivity contribution is -0.366. The summed E-state index contributed by atoms with van der Waals surface area (Å²) in [5.41, 5.74) is 0. The number of hydrogen-bond acceptors (Lipinski definition) is 7. The maximum atomic E-state index is 9.66. The largest absolute Gasteiger partial charge is 0.394 e.